The van der Waals surface area contributed by atoms with E-state index in [2.05, 4.69) is 25.8 Å². The largest absolute Gasteiger partial charge is 0.393 e. The number of thiazole rings is 1. The highest BCUT2D eigenvalue weighted by Crippen LogP contribution is 2.70. The SMILES string of the molecule is Cc1nc(SCC(=O)[C@@]23OC(C4CCCC4)O[C@@H]2CC2C4CCC5=CC(=O)C=CC5(C)C4C(O)CC23C)sc1C. The first-order valence-electron chi connectivity index (χ1n) is 15.1. The number of rotatable bonds is 5. The van der Waals surface area contributed by atoms with Crippen molar-refractivity contribution in [2.24, 2.45) is 34.5 Å². The monoisotopic (exact) mass is 583 g/mol. The van der Waals surface area contributed by atoms with Crippen molar-refractivity contribution in [2.75, 3.05) is 5.75 Å². The number of fused-ring (bicyclic) bond motifs is 7. The Hall–Kier alpha value is -1.32. The Bertz CT molecular complexity index is 1280. The number of ether oxygens (including phenoxy) is 2. The normalized spacial score (nSPS) is 44.2. The van der Waals surface area contributed by atoms with Crippen LogP contribution in [0.15, 0.2) is 28.1 Å². The molecule has 1 saturated heterocycles. The number of carbonyl (C=O) groups excluding carboxylic acids is 2. The van der Waals surface area contributed by atoms with Crippen molar-refractivity contribution in [3.63, 3.8) is 0 Å². The molecule has 4 saturated carbocycles. The van der Waals surface area contributed by atoms with Gasteiger partial charge >= 0.3 is 0 Å². The molecule has 5 fully saturated rings. The molecule has 1 aliphatic heterocycles. The Morgan fingerprint density at radius 2 is 2.00 bits per heavy atom. The van der Waals surface area contributed by atoms with E-state index in [1.54, 1.807) is 23.5 Å². The van der Waals surface area contributed by atoms with Gasteiger partial charge < -0.3 is 14.6 Å². The zero-order chi connectivity index (χ0) is 28.0. The molecule has 7 rings (SSSR count). The molecule has 2 heterocycles. The summed E-state index contributed by atoms with van der Waals surface area (Å²) in [5, 5.41) is 12.0. The molecule has 6 nitrogen and oxygen atoms in total. The molecule has 7 unspecified atom stereocenters. The summed E-state index contributed by atoms with van der Waals surface area (Å²) < 4.78 is 14.7. The van der Waals surface area contributed by atoms with Gasteiger partial charge in [-0.3, -0.25) is 9.59 Å². The molecule has 1 aromatic heterocycles. The second-order valence-electron chi connectivity index (χ2n) is 13.7. The number of aromatic nitrogens is 1. The summed E-state index contributed by atoms with van der Waals surface area (Å²) >= 11 is 3.16. The summed E-state index contributed by atoms with van der Waals surface area (Å²) in [6, 6.07) is 0. The van der Waals surface area contributed by atoms with E-state index in [9.17, 15) is 14.7 Å². The highest BCUT2D eigenvalue weighted by molar-refractivity contribution is 8.01. The highest BCUT2D eigenvalue weighted by atomic mass is 32.2. The summed E-state index contributed by atoms with van der Waals surface area (Å²) in [7, 11) is 0. The zero-order valence-electron chi connectivity index (χ0n) is 24.0. The number of nitrogens with zero attached hydrogens (tertiary/aromatic N) is 1. The lowest BCUT2D eigenvalue weighted by atomic mass is 9.46. The van der Waals surface area contributed by atoms with Gasteiger partial charge in [-0.2, -0.15) is 0 Å². The minimum atomic E-state index is -1.05. The lowest BCUT2D eigenvalue weighted by molar-refractivity contribution is -0.205. The number of aryl methyl sites for hydroxylation is 2. The van der Waals surface area contributed by atoms with Crippen LogP contribution in [0.25, 0.3) is 0 Å². The first kappa shape index (κ1) is 27.5. The number of aliphatic hydroxyl groups is 1. The minimum absolute atomic E-state index is 0.0159. The number of aliphatic hydroxyl groups excluding tert-OH is 1. The third kappa shape index (κ3) is 3.81. The number of hydrogen-bond acceptors (Lipinski definition) is 8. The molecule has 0 aromatic carbocycles. The predicted molar refractivity (Wildman–Crippen MR) is 155 cm³/mol. The molecule has 0 bridgehead atoms. The third-order valence-corrected chi connectivity index (χ3v) is 14.0. The smallest absolute Gasteiger partial charge is 0.178 e. The average molecular weight is 584 g/mol. The number of allylic oxidation sites excluding steroid dienone is 4. The average Bonchev–Trinajstić information content (AvgIpc) is 3.67. The standard InChI is InChI=1S/C32H41NO5S2/c1-17-18(2)40-29(33-17)39-16-25(36)32-26(37-28(38-32)19-7-5-6-8-19)14-23-22-10-9-20-13-21(34)11-12-30(20,3)27(22)24(35)15-31(23,32)4/h11-13,19,22-24,26-28,35H,5-10,14-16H2,1-4H3/t22?,23?,24?,26-,27?,28?,30?,31?,32-/m1/s1. The molecular weight excluding hydrogens is 542 g/mol. The summed E-state index contributed by atoms with van der Waals surface area (Å²) in [5.74, 6) is 1.23. The second kappa shape index (κ2) is 9.60. The maximum Gasteiger partial charge on any atom is 0.178 e. The Morgan fingerprint density at radius 3 is 2.73 bits per heavy atom. The zero-order valence-corrected chi connectivity index (χ0v) is 25.6. The van der Waals surface area contributed by atoms with Crippen LogP contribution in [-0.2, 0) is 19.1 Å². The molecular formula is C32H41NO5S2. The molecule has 1 aromatic rings. The lowest BCUT2D eigenvalue weighted by Gasteiger charge is -2.59. The van der Waals surface area contributed by atoms with Crippen LogP contribution >= 0.6 is 23.1 Å². The van der Waals surface area contributed by atoms with Crippen molar-refractivity contribution in [2.45, 2.75) is 108 Å². The van der Waals surface area contributed by atoms with Crippen LogP contribution in [0.3, 0.4) is 0 Å². The van der Waals surface area contributed by atoms with Crippen LogP contribution in [0, 0.1) is 48.3 Å². The first-order chi connectivity index (χ1) is 19.1. The molecule has 1 N–H and O–H groups in total. The Labute approximate surface area is 245 Å². The highest BCUT2D eigenvalue weighted by Gasteiger charge is 2.76. The van der Waals surface area contributed by atoms with E-state index >= 15 is 0 Å². The van der Waals surface area contributed by atoms with E-state index in [-0.39, 0.29) is 47.1 Å². The van der Waals surface area contributed by atoms with E-state index in [4.69, 9.17) is 9.47 Å². The lowest BCUT2D eigenvalue weighted by Crippen LogP contribution is -2.63. The van der Waals surface area contributed by atoms with Crippen LogP contribution in [0.5, 0.6) is 0 Å². The van der Waals surface area contributed by atoms with Crippen LogP contribution in [0.2, 0.25) is 0 Å². The first-order valence-corrected chi connectivity index (χ1v) is 16.9. The van der Waals surface area contributed by atoms with E-state index in [1.807, 2.05) is 13.0 Å². The van der Waals surface area contributed by atoms with E-state index in [1.165, 1.54) is 29.5 Å². The van der Waals surface area contributed by atoms with Gasteiger partial charge in [0.25, 0.3) is 0 Å². The van der Waals surface area contributed by atoms with Crippen LogP contribution in [-0.4, -0.2) is 51.5 Å². The summed E-state index contributed by atoms with van der Waals surface area (Å²) in [6.45, 7) is 8.49. The number of hydrogen-bond donors (Lipinski definition) is 1. The fraction of sp³-hybridized carbons (Fsp3) is 0.719. The molecule has 40 heavy (non-hydrogen) atoms. The molecule has 9 atom stereocenters. The number of thioether (sulfide) groups is 1. The molecule has 8 heteroatoms. The van der Waals surface area contributed by atoms with Gasteiger partial charge in [0.15, 0.2) is 27.8 Å². The van der Waals surface area contributed by atoms with Crippen LogP contribution < -0.4 is 0 Å². The van der Waals surface area contributed by atoms with Gasteiger partial charge in [0, 0.05) is 27.5 Å². The van der Waals surface area contributed by atoms with Crippen molar-refractivity contribution in [1.82, 2.24) is 4.98 Å². The maximum absolute atomic E-state index is 14.5. The molecule has 6 aliphatic rings. The van der Waals surface area contributed by atoms with Gasteiger partial charge in [-0.25, -0.2) is 4.98 Å². The van der Waals surface area contributed by atoms with Gasteiger partial charge in [-0.1, -0.05) is 50.1 Å². The van der Waals surface area contributed by atoms with E-state index < -0.39 is 17.1 Å². The molecule has 216 valence electrons. The van der Waals surface area contributed by atoms with Crippen molar-refractivity contribution in [3.8, 4) is 0 Å². The molecule has 0 spiro atoms. The fourth-order valence-corrected chi connectivity index (χ4v) is 11.9. The van der Waals surface area contributed by atoms with Gasteiger partial charge in [0.05, 0.1) is 23.7 Å². The van der Waals surface area contributed by atoms with E-state index in [0.29, 0.717) is 18.1 Å². The predicted octanol–water partition coefficient (Wildman–Crippen LogP) is 5.98. The molecule has 5 aliphatic carbocycles. The van der Waals surface area contributed by atoms with E-state index in [0.717, 1.165) is 47.7 Å². The van der Waals surface area contributed by atoms with Crippen molar-refractivity contribution in [3.05, 3.63) is 34.4 Å². The summed E-state index contributed by atoms with van der Waals surface area (Å²) in [5.41, 5.74) is 0.248. The van der Waals surface area contributed by atoms with Gasteiger partial charge in [0.1, 0.15) is 0 Å². The Kier molecular flexibility index (Phi) is 6.60. The van der Waals surface area contributed by atoms with Crippen molar-refractivity contribution in [1.29, 1.82) is 0 Å². The summed E-state index contributed by atoms with van der Waals surface area (Å²) in [4.78, 5) is 32.6. The van der Waals surface area contributed by atoms with Gasteiger partial charge in [-0.15, -0.1) is 11.3 Å². The third-order valence-electron chi connectivity index (χ3n) is 11.8. The second-order valence-corrected chi connectivity index (χ2v) is 16.1. The van der Waals surface area contributed by atoms with Crippen LogP contribution in [0.4, 0.5) is 0 Å². The summed E-state index contributed by atoms with van der Waals surface area (Å²) in [6.07, 6.45) is 11.9. The van der Waals surface area contributed by atoms with Crippen molar-refractivity contribution >= 4 is 34.7 Å². The number of carbonyl (C=O) groups is 2. The quantitative estimate of drug-likeness (QED) is 0.427. The minimum Gasteiger partial charge on any atom is -0.393 e. The van der Waals surface area contributed by atoms with Crippen LogP contribution in [0.1, 0.15) is 75.8 Å². The van der Waals surface area contributed by atoms with Crippen molar-refractivity contribution < 1.29 is 24.2 Å². The Morgan fingerprint density at radius 1 is 1.23 bits per heavy atom. The number of Topliss-reactive ketones (excluding diaryl/α,β-unsaturated/α-hetero) is 1. The number of ketones is 2. The fourth-order valence-electron chi connectivity index (χ4n) is 9.77. The molecule has 0 amide bonds. The maximum atomic E-state index is 14.5. The molecule has 0 radical (unpaired) electrons. The van der Waals surface area contributed by atoms with Gasteiger partial charge in [-0.05, 0) is 76.4 Å². The topological polar surface area (TPSA) is 85.7 Å². The Balaban J connectivity index is 1.24. The van der Waals surface area contributed by atoms with Gasteiger partial charge in [0.2, 0.25) is 0 Å².